The van der Waals surface area contributed by atoms with E-state index in [2.05, 4.69) is 4.74 Å². The van der Waals surface area contributed by atoms with E-state index in [4.69, 9.17) is 10.2 Å². The van der Waals surface area contributed by atoms with Crippen molar-refractivity contribution in [2.75, 3.05) is 26.2 Å². The molecule has 0 radical (unpaired) electrons. The van der Waals surface area contributed by atoms with Crippen LogP contribution >= 0.6 is 0 Å². The fourth-order valence-corrected chi connectivity index (χ4v) is 1.53. The second kappa shape index (κ2) is 9.56. The van der Waals surface area contributed by atoms with Crippen molar-refractivity contribution >= 4 is 24.1 Å². The lowest BCUT2D eigenvalue weighted by atomic mass is 10.4. The zero-order valence-corrected chi connectivity index (χ0v) is 12.1. The van der Waals surface area contributed by atoms with Crippen molar-refractivity contribution < 1.29 is 34.1 Å². The number of esters is 2. The van der Waals surface area contributed by atoms with E-state index in [1.54, 1.807) is 13.8 Å². The summed E-state index contributed by atoms with van der Waals surface area (Å²) in [5.41, 5.74) is 0. The van der Waals surface area contributed by atoms with E-state index in [0.29, 0.717) is 12.8 Å². The van der Waals surface area contributed by atoms with Crippen LogP contribution in [0.5, 0.6) is 0 Å². The molecular formula is C12H20N2O7. The number of nitrogens with zero attached hydrogens (tertiary/aromatic N) is 2. The second-order valence-electron chi connectivity index (χ2n) is 4.25. The highest BCUT2D eigenvalue weighted by atomic mass is 16.6. The highest BCUT2D eigenvalue weighted by molar-refractivity contribution is 5.89. The van der Waals surface area contributed by atoms with E-state index in [-0.39, 0.29) is 13.1 Å². The largest absolute Gasteiger partial charge is 0.465 e. The Morgan fingerprint density at radius 1 is 0.810 bits per heavy atom. The summed E-state index contributed by atoms with van der Waals surface area (Å²) in [4.78, 5) is 46.1. The van der Waals surface area contributed by atoms with Gasteiger partial charge in [-0.25, -0.2) is 19.2 Å². The number of carboxylic acid groups (broad SMARTS) is 2. The molecule has 0 unspecified atom stereocenters. The molecule has 0 rings (SSSR count). The molecule has 2 amide bonds. The third-order valence-corrected chi connectivity index (χ3v) is 2.40. The van der Waals surface area contributed by atoms with Gasteiger partial charge in [-0.05, 0) is 12.8 Å². The van der Waals surface area contributed by atoms with Gasteiger partial charge >= 0.3 is 24.1 Å². The Kier molecular flexibility index (Phi) is 8.51. The van der Waals surface area contributed by atoms with E-state index in [1.165, 1.54) is 0 Å². The second-order valence-corrected chi connectivity index (χ2v) is 4.25. The quantitative estimate of drug-likeness (QED) is 0.502. The van der Waals surface area contributed by atoms with Crippen molar-refractivity contribution in [3.05, 3.63) is 0 Å². The lowest BCUT2D eigenvalue weighted by Gasteiger charge is -2.18. The Morgan fingerprint density at radius 2 is 1.14 bits per heavy atom. The SMILES string of the molecule is CCCN(CC(=O)OC(=O)CN(CCC)C(=O)O)C(=O)O. The summed E-state index contributed by atoms with van der Waals surface area (Å²) in [5, 5.41) is 17.6. The van der Waals surface area contributed by atoms with E-state index < -0.39 is 37.2 Å². The van der Waals surface area contributed by atoms with E-state index in [0.717, 1.165) is 9.80 Å². The number of amides is 2. The Labute approximate surface area is 122 Å². The summed E-state index contributed by atoms with van der Waals surface area (Å²) in [6.07, 6.45) is -1.56. The Morgan fingerprint density at radius 3 is 1.38 bits per heavy atom. The van der Waals surface area contributed by atoms with Crippen LogP contribution in [-0.2, 0) is 14.3 Å². The Bertz CT molecular complexity index is 361. The normalized spacial score (nSPS) is 9.81. The minimum Gasteiger partial charge on any atom is -0.465 e. The first-order chi connectivity index (χ1) is 9.81. The molecule has 0 saturated heterocycles. The Balaban J connectivity index is 4.39. The standard InChI is InChI=1S/C12H20N2O7/c1-3-5-13(11(17)18)7-9(15)21-10(16)8-14(6-4-2)12(19)20/h3-8H2,1-2H3,(H,17,18)(H,19,20). The summed E-state index contributed by atoms with van der Waals surface area (Å²) in [6.45, 7) is 2.60. The van der Waals surface area contributed by atoms with Gasteiger partial charge in [0.05, 0.1) is 0 Å². The topological polar surface area (TPSA) is 124 Å². The summed E-state index contributed by atoms with van der Waals surface area (Å²) in [6, 6.07) is 0. The minimum atomic E-state index is -1.29. The van der Waals surface area contributed by atoms with Crippen molar-refractivity contribution in [2.45, 2.75) is 26.7 Å². The molecule has 0 aromatic rings. The van der Waals surface area contributed by atoms with E-state index in [9.17, 15) is 19.2 Å². The van der Waals surface area contributed by atoms with Gasteiger partial charge in [0.1, 0.15) is 13.1 Å². The predicted molar refractivity (Wildman–Crippen MR) is 70.9 cm³/mol. The maximum absolute atomic E-state index is 11.4. The molecule has 9 heteroatoms. The van der Waals surface area contributed by atoms with Gasteiger partial charge in [-0.15, -0.1) is 0 Å². The molecule has 120 valence electrons. The van der Waals surface area contributed by atoms with Crippen LogP contribution in [0.2, 0.25) is 0 Å². The molecule has 0 saturated carbocycles. The van der Waals surface area contributed by atoms with Crippen LogP contribution < -0.4 is 0 Å². The van der Waals surface area contributed by atoms with Crippen molar-refractivity contribution in [1.29, 1.82) is 0 Å². The monoisotopic (exact) mass is 304 g/mol. The number of rotatable bonds is 8. The van der Waals surface area contributed by atoms with Crippen LogP contribution in [0.4, 0.5) is 9.59 Å². The molecule has 21 heavy (non-hydrogen) atoms. The fraction of sp³-hybridized carbons (Fsp3) is 0.667. The molecule has 9 nitrogen and oxygen atoms in total. The minimum absolute atomic E-state index is 0.135. The molecule has 0 fully saturated rings. The van der Waals surface area contributed by atoms with Crippen LogP contribution in [0.15, 0.2) is 0 Å². The van der Waals surface area contributed by atoms with E-state index >= 15 is 0 Å². The van der Waals surface area contributed by atoms with Crippen LogP contribution in [0, 0.1) is 0 Å². The lowest BCUT2D eigenvalue weighted by molar-refractivity contribution is -0.160. The summed E-state index contributed by atoms with van der Waals surface area (Å²) >= 11 is 0. The molecule has 0 aromatic heterocycles. The first-order valence-electron chi connectivity index (χ1n) is 6.51. The molecule has 0 heterocycles. The van der Waals surface area contributed by atoms with Crippen LogP contribution in [0.25, 0.3) is 0 Å². The third kappa shape index (κ3) is 7.75. The van der Waals surface area contributed by atoms with Crippen LogP contribution in [-0.4, -0.2) is 70.3 Å². The van der Waals surface area contributed by atoms with Gasteiger partial charge in [-0.2, -0.15) is 0 Å². The molecule has 0 aliphatic heterocycles. The number of ether oxygens (including phenoxy) is 1. The number of hydrogen-bond donors (Lipinski definition) is 2. The van der Waals surface area contributed by atoms with Crippen molar-refractivity contribution in [3.63, 3.8) is 0 Å². The lowest BCUT2D eigenvalue weighted by Crippen LogP contribution is -2.39. The fourth-order valence-electron chi connectivity index (χ4n) is 1.53. The smallest absolute Gasteiger partial charge is 0.407 e. The number of carbonyl (C=O) groups excluding carboxylic acids is 2. The average molecular weight is 304 g/mol. The van der Waals surface area contributed by atoms with Gasteiger partial charge in [0.25, 0.3) is 0 Å². The maximum Gasteiger partial charge on any atom is 0.407 e. The highest BCUT2D eigenvalue weighted by Gasteiger charge is 2.21. The molecule has 0 aromatic carbocycles. The van der Waals surface area contributed by atoms with Crippen molar-refractivity contribution in [2.24, 2.45) is 0 Å². The molecule has 0 bridgehead atoms. The first-order valence-corrected chi connectivity index (χ1v) is 6.51. The zero-order valence-electron chi connectivity index (χ0n) is 12.1. The zero-order chi connectivity index (χ0) is 16.4. The number of hydrogen-bond acceptors (Lipinski definition) is 5. The number of carbonyl (C=O) groups is 4. The van der Waals surface area contributed by atoms with Crippen molar-refractivity contribution in [1.82, 2.24) is 9.80 Å². The third-order valence-electron chi connectivity index (χ3n) is 2.40. The van der Waals surface area contributed by atoms with Gasteiger partial charge in [-0.1, -0.05) is 13.8 Å². The van der Waals surface area contributed by atoms with Gasteiger partial charge in [0.15, 0.2) is 0 Å². The summed E-state index contributed by atoms with van der Waals surface area (Å²) < 4.78 is 4.42. The Hall–Kier alpha value is -2.32. The molecule has 0 spiro atoms. The van der Waals surface area contributed by atoms with Gasteiger partial charge < -0.3 is 14.9 Å². The summed E-state index contributed by atoms with van der Waals surface area (Å²) in [5.74, 6) is -2.06. The predicted octanol–water partition coefficient (Wildman–Crippen LogP) is 0.836. The first kappa shape index (κ1) is 18.7. The van der Waals surface area contributed by atoms with Gasteiger partial charge in [-0.3, -0.25) is 9.80 Å². The van der Waals surface area contributed by atoms with Crippen LogP contribution in [0.3, 0.4) is 0 Å². The van der Waals surface area contributed by atoms with Gasteiger partial charge in [0.2, 0.25) is 0 Å². The van der Waals surface area contributed by atoms with Gasteiger partial charge in [0, 0.05) is 13.1 Å². The highest BCUT2D eigenvalue weighted by Crippen LogP contribution is 1.97. The van der Waals surface area contributed by atoms with Crippen molar-refractivity contribution in [3.8, 4) is 0 Å². The summed E-state index contributed by atoms with van der Waals surface area (Å²) in [7, 11) is 0. The maximum atomic E-state index is 11.4. The molecular weight excluding hydrogens is 284 g/mol. The molecule has 0 aliphatic rings. The average Bonchev–Trinajstić information content (AvgIpc) is 2.37. The van der Waals surface area contributed by atoms with Crippen LogP contribution in [0.1, 0.15) is 26.7 Å². The molecule has 0 aliphatic carbocycles. The van der Waals surface area contributed by atoms with E-state index in [1.807, 2.05) is 0 Å². The molecule has 0 atom stereocenters. The molecule has 2 N–H and O–H groups in total.